The molecular formula is C21H24FNO3. The van der Waals surface area contributed by atoms with E-state index in [1.165, 1.54) is 6.07 Å². The lowest BCUT2D eigenvalue weighted by Gasteiger charge is -2.39. The Balaban J connectivity index is 2.05. The summed E-state index contributed by atoms with van der Waals surface area (Å²) >= 11 is 0. The Morgan fingerprint density at radius 1 is 1.31 bits per heavy atom. The molecule has 0 saturated heterocycles. The Hall–Kier alpha value is -2.56. The lowest BCUT2D eigenvalue weighted by Crippen LogP contribution is -2.33. The van der Waals surface area contributed by atoms with Crippen LogP contribution in [0.3, 0.4) is 0 Å². The number of rotatable bonds is 4. The Bertz CT molecular complexity index is 832. The molecule has 3 rings (SSSR count). The topological polar surface area (TPSA) is 61.6 Å². The summed E-state index contributed by atoms with van der Waals surface area (Å²) in [5.74, 6) is 0.353. The first-order chi connectivity index (χ1) is 12.3. The molecule has 0 radical (unpaired) electrons. The highest BCUT2D eigenvalue weighted by atomic mass is 19.1. The fourth-order valence-corrected chi connectivity index (χ4v) is 3.58. The summed E-state index contributed by atoms with van der Waals surface area (Å²) in [4.78, 5) is 11.3. The van der Waals surface area contributed by atoms with Gasteiger partial charge in [0.25, 0.3) is 0 Å². The minimum atomic E-state index is -0.843. The highest BCUT2D eigenvalue weighted by Crippen LogP contribution is 2.47. The van der Waals surface area contributed by atoms with E-state index in [1.54, 1.807) is 0 Å². The Kier molecular flexibility index (Phi) is 4.90. The van der Waals surface area contributed by atoms with Gasteiger partial charge in [-0.2, -0.15) is 0 Å². The van der Waals surface area contributed by atoms with E-state index in [4.69, 9.17) is 15.2 Å². The van der Waals surface area contributed by atoms with Gasteiger partial charge in [0.1, 0.15) is 17.7 Å². The van der Waals surface area contributed by atoms with Gasteiger partial charge in [0.05, 0.1) is 6.61 Å². The van der Waals surface area contributed by atoms with Crippen LogP contribution in [-0.2, 0) is 11.2 Å². The molecule has 5 heteroatoms. The van der Waals surface area contributed by atoms with Gasteiger partial charge in [-0.15, -0.1) is 0 Å². The smallest absolute Gasteiger partial charge is 0.405 e. The number of halogens is 1. The molecule has 0 saturated carbocycles. The number of amides is 1. The molecular weight excluding hydrogens is 333 g/mol. The quantitative estimate of drug-likeness (QED) is 0.837. The number of benzene rings is 2. The number of carbonyl (C=O) groups is 1. The summed E-state index contributed by atoms with van der Waals surface area (Å²) < 4.78 is 25.8. The first-order valence-electron chi connectivity index (χ1n) is 8.83. The van der Waals surface area contributed by atoms with Crippen LogP contribution in [0.5, 0.6) is 5.75 Å². The zero-order valence-electron chi connectivity index (χ0n) is 15.3. The van der Waals surface area contributed by atoms with Crippen LogP contribution in [0.1, 0.15) is 44.4 Å². The van der Waals surface area contributed by atoms with Crippen molar-refractivity contribution in [3.05, 3.63) is 53.3 Å². The van der Waals surface area contributed by atoms with E-state index in [-0.39, 0.29) is 11.2 Å². The minimum Gasteiger partial charge on any atom is -0.494 e. The fraction of sp³-hybridized carbons (Fsp3) is 0.381. The van der Waals surface area contributed by atoms with E-state index < -0.39 is 12.2 Å². The molecule has 1 amide bonds. The van der Waals surface area contributed by atoms with Gasteiger partial charge in [-0.1, -0.05) is 26.0 Å². The van der Waals surface area contributed by atoms with E-state index in [1.807, 2.05) is 51.1 Å². The molecule has 26 heavy (non-hydrogen) atoms. The maximum Gasteiger partial charge on any atom is 0.405 e. The van der Waals surface area contributed by atoms with Crippen molar-refractivity contribution >= 4 is 6.09 Å². The van der Waals surface area contributed by atoms with Crippen molar-refractivity contribution in [1.82, 2.24) is 0 Å². The standard InChI is InChI=1S/C21H24FNO3/c1-4-25-15-7-5-6-13(10-15)16-11-14-8-9-21(2,3)19(26-20(23)24)17(14)12-18(16)22/h5-7,10-12,19H,4,8-9H2,1-3H3,(H2,23,24)/t19-/m0/s1. The SMILES string of the molecule is CCOc1cccc(-c2cc3c(cc2F)[C@H](OC(N)=O)C(C)(C)CC3)c1. The Labute approximate surface area is 153 Å². The van der Waals surface area contributed by atoms with Crippen LogP contribution in [-0.4, -0.2) is 12.7 Å². The van der Waals surface area contributed by atoms with Crippen molar-refractivity contribution < 1.29 is 18.7 Å². The molecule has 0 unspecified atom stereocenters. The van der Waals surface area contributed by atoms with Crippen LogP contribution in [0.25, 0.3) is 11.1 Å². The number of primary amides is 1. The molecule has 1 aliphatic carbocycles. The largest absolute Gasteiger partial charge is 0.494 e. The fourth-order valence-electron chi connectivity index (χ4n) is 3.58. The van der Waals surface area contributed by atoms with E-state index in [2.05, 4.69) is 0 Å². The average molecular weight is 357 g/mol. The number of nitrogens with two attached hydrogens (primary N) is 1. The van der Waals surface area contributed by atoms with E-state index >= 15 is 0 Å². The molecule has 0 heterocycles. The molecule has 138 valence electrons. The van der Waals surface area contributed by atoms with Crippen LogP contribution < -0.4 is 10.5 Å². The number of hydrogen-bond acceptors (Lipinski definition) is 3. The molecule has 0 bridgehead atoms. The number of carbonyl (C=O) groups excluding carboxylic acids is 1. The van der Waals surface area contributed by atoms with E-state index in [0.717, 1.165) is 24.0 Å². The second-order valence-electron chi connectivity index (χ2n) is 7.30. The zero-order chi connectivity index (χ0) is 18.9. The van der Waals surface area contributed by atoms with E-state index in [9.17, 15) is 9.18 Å². The number of hydrogen-bond donors (Lipinski definition) is 1. The lowest BCUT2D eigenvalue weighted by molar-refractivity contribution is 0.0145. The summed E-state index contributed by atoms with van der Waals surface area (Å²) in [5.41, 5.74) is 7.89. The van der Waals surface area contributed by atoms with Gasteiger partial charge in [-0.25, -0.2) is 9.18 Å². The predicted octanol–water partition coefficient (Wildman–Crippen LogP) is 5.00. The van der Waals surface area contributed by atoms with Crippen LogP contribution in [0.2, 0.25) is 0 Å². The Morgan fingerprint density at radius 3 is 2.77 bits per heavy atom. The van der Waals surface area contributed by atoms with Gasteiger partial charge in [-0.05, 0) is 60.7 Å². The van der Waals surface area contributed by atoms with Crippen molar-refractivity contribution in [1.29, 1.82) is 0 Å². The molecule has 1 atom stereocenters. The number of ether oxygens (including phenoxy) is 2. The van der Waals surface area contributed by atoms with Crippen LogP contribution in [0.15, 0.2) is 36.4 Å². The third-order valence-corrected chi connectivity index (χ3v) is 4.95. The van der Waals surface area contributed by atoms with Gasteiger partial charge in [-0.3, -0.25) is 0 Å². The van der Waals surface area contributed by atoms with Gasteiger partial charge < -0.3 is 15.2 Å². The maximum atomic E-state index is 14.9. The predicted molar refractivity (Wildman–Crippen MR) is 98.5 cm³/mol. The molecule has 0 spiro atoms. The van der Waals surface area contributed by atoms with Crippen molar-refractivity contribution in [3.63, 3.8) is 0 Å². The third kappa shape index (κ3) is 3.52. The van der Waals surface area contributed by atoms with Gasteiger partial charge in [0.2, 0.25) is 0 Å². The monoisotopic (exact) mass is 357 g/mol. The van der Waals surface area contributed by atoms with Gasteiger partial charge in [0.15, 0.2) is 0 Å². The second kappa shape index (κ2) is 6.98. The molecule has 0 aliphatic heterocycles. The number of fused-ring (bicyclic) bond motifs is 1. The normalized spacial score (nSPS) is 18.1. The summed E-state index contributed by atoms with van der Waals surface area (Å²) in [7, 11) is 0. The lowest BCUT2D eigenvalue weighted by atomic mass is 9.71. The van der Waals surface area contributed by atoms with E-state index in [0.29, 0.717) is 23.5 Å². The van der Waals surface area contributed by atoms with Crippen molar-refractivity contribution in [2.45, 2.75) is 39.7 Å². The molecule has 2 aromatic carbocycles. The number of aryl methyl sites for hydroxylation is 1. The molecule has 1 aliphatic rings. The Morgan fingerprint density at radius 2 is 2.08 bits per heavy atom. The summed E-state index contributed by atoms with van der Waals surface area (Å²) in [5, 5.41) is 0. The van der Waals surface area contributed by atoms with Crippen LogP contribution in [0, 0.1) is 11.2 Å². The van der Waals surface area contributed by atoms with Gasteiger partial charge in [0, 0.05) is 11.0 Å². The minimum absolute atomic E-state index is 0.301. The average Bonchev–Trinajstić information content (AvgIpc) is 2.58. The summed E-state index contributed by atoms with van der Waals surface area (Å²) in [6.07, 6.45) is 0.216. The highest BCUT2D eigenvalue weighted by molar-refractivity contribution is 5.68. The summed E-state index contributed by atoms with van der Waals surface area (Å²) in [6, 6.07) is 10.7. The molecule has 0 aromatic heterocycles. The van der Waals surface area contributed by atoms with Crippen LogP contribution >= 0.6 is 0 Å². The van der Waals surface area contributed by atoms with Crippen molar-refractivity contribution in [3.8, 4) is 16.9 Å². The molecule has 2 N–H and O–H groups in total. The first kappa shape index (κ1) is 18.2. The summed E-state index contributed by atoms with van der Waals surface area (Å²) in [6.45, 7) is 6.46. The first-order valence-corrected chi connectivity index (χ1v) is 8.83. The van der Waals surface area contributed by atoms with Crippen molar-refractivity contribution in [2.75, 3.05) is 6.61 Å². The molecule has 2 aromatic rings. The zero-order valence-corrected chi connectivity index (χ0v) is 15.3. The maximum absolute atomic E-state index is 14.9. The second-order valence-corrected chi connectivity index (χ2v) is 7.30. The third-order valence-electron chi connectivity index (χ3n) is 4.95. The van der Waals surface area contributed by atoms with Crippen molar-refractivity contribution in [2.24, 2.45) is 11.1 Å². The molecule has 0 fully saturated rings. The van der Waals surface area contributed by atoms with Gasteiger partial charge >= 0.3 is 6.09 Å². The highest BCUT2D eigenvalue weighted by Gasteiger charge is 2.39. The van der Waals surface area contributed by atoms with Crippen LogP contribution in [0.4, 0.5) is 9.18 Å². The molecule has 4 nitrogen and oxygen atoms in total.